The molecule has 1 saturated heterocycles. The normalized spacial score (nSPS) is 26.3. The van der Waals surface area contributed by atoms with Crippen LogP contribution in [-0.2, 0) is 24.0 Å². The molecule has 3 atom stereocenters. The van der Waals surface area contributed by atoms with Crippen LogP contribution in [0, 0.1) is 0 Å². The SMILES string of the molecule is CONC(C(=O)NC1C(=O)N2C(C(=O)O)=C(Cl)CS[C@H]12)C1=CSCCO1. The molecule has 9 nitrogen and oxygen atoms in total. The molecule has 0 spiro atoms. The molecule has 0 aliphatic carbocycles. The minimum Gasteiger partial charge on any atom is -0.494 e. The minimum atomic E-state index is -1.27. The van der Waals surface area contributed by atoms with Crippen LogP contribution in [-0.4, -0.2) is 70.5 Å². The largest absolute Gasteiger partial charge is 0.494 e. The first-order valence-corrected chi connectivity index (χ1v) is 10.0. The Labute approximate surface area is 162 Å². The topological polar surface area (TPSA) is 117 Å². The van der Waals surface area contributed by atoms with Gasteiger partial charge in [-0.2, -0.15) is 5.48 Å². The number of β-lactam (4-membered cyclic amide) rings is 1. The Morgan fingerprint density at radius 1 is 1.54 bits per heavy atom. The van der Waals surface area contributed by atoms with Crippen LogP contribution in [0.15, 0.2) is 21.9 Å². The number of rotatable bonds is 6. The van der Waals surface area contributed by atoms with Gasteiger partial charge in [-0.25, -0.2) is 4.79 Å². The number of halogens is 1. The molecule has 26 heavy (non-hydrogen) atoms. The van der Waals surface area contributed by atoms with Crippen molar-refractivity contribution in [3.05, 3.63) is 21.9 Å². The first kappa shape index (κ1) is 19.4. The van der Waals surface area contributed by atoms with Gasteiger partial charge >= 0.3 is 5.97 Å². The number of carbonyl (C=O) groups excluding carboxylic acids is 2. The first-order valence-electron chi connectivity index (χ1n) is 7.55. The molecule has 3 heterocycles. The van der Waals surface area contributed by atoms with E-state index >= 15 is 0 Å². The predicted molar refractivity (Wildman–Crippen MR) is 96.0 cm³/mol. The number of thioether (sulfide) groups is 2. The summed E-state index contributed by atoms with van der Waals surface area (Å²) >= 11 is 8.73. The van der Waals surface area contributed by atoms with Crippen LogP contribution in [0.5, 0.6) is 0 Å². The molecule has 0 bridgehead atoms. The van der Waals surface area contributed by atoms with Crippen LogP contribution >= 0.6 is 35.1 Å². The Bertz CT molecular complexity index is 700. The number of carbonyl (C=O) groups is 3. The van der Waals surface area contributed by atoms with Crippen LogP contribution in [0.2, 0.25) is 0 Å². The van der Waals surface area contributed by atoms with Crippen molar-refractivity contribution in [2.24, 2.45) is 0 Å². The number of ether oxygens (including phenoxy) is 1. The van der Waals surface area contributed by atoms with E-state index in [9.17, 15) is 19.5 Å². The molecule has 142 valence electrons. The molecule has 1 fully saturated rings. The number of nitrogens with one attached hydrogen (secondary N) is 2. The summed E-state index contributed by atoms with van der Waals surface area (Å²) in [4.78, 5) is 42.3. The lowest BCUT2D eigenvalue weighted by Gasteiger charge is -2.49. The fourth-order valence-electron chi connectivity index (χ4n) is 2.71. The van der Waals surface area contributed by atoms with E-state index in [1.807, 2.05) is 0 Å². The van der Waals surface area contributed by atoms with Gasteiger partial charge in [0.05, 0.1) is 18.7 Å². The van der Waals surface area contributed by atoms with Crippen molar-refractivity contribution in [1.82, 2.24) is 15.7 Å². The lowest BCUT2D eigenvalue weighted by molar-refractivity contribution is -0.151. The number of carboxylic acid groups (broad SMARTS) is 1. The number of amides is 2. The molecule has 0 radical (unpaired) electrons. The van der Waals surface area contributed by atoms with Crippen LogP contribution in [0.25, 0.3) is 0 Å². The van der Waals surface area contributed by atoms with Crippen molar-refractivity contribution in [3.8, 4) is 0 Å². The number of hydrogen-bond donors (Lipinski definition) is 3. The zero-order valence-corrected chi connectivity index (χ0v) is 15.9. The van der Waals surface area contributed by atoms with E-state index in [0.29, 0.717) is 12.4 Å². The number of aliphatic carboxylic acids is 1. The maximum atomic E-state index is 12.6. The number of carboxylic acids is 1. The summed E-state index contributed by atoms with van der Waals surface area (Å²) in [6.07, 6.45) is 0. The Morgan fingerprint density at radius 3 is 2.92 bits per heavy atom. The molecule has 0 aromatic rings. The standard InChI is InChI=1S/C14H16ClN3O6S2/c1-23-17-8(7-5-25-3-2-24-7)11(19)16-9-12(20)18-10(14(21)22)6(15)4-26-13(9)18/h5,8-9,13,17H,2-4H2,1H3,(H,16,19)(H,21,22)/t8?,9?,13-/m1/s1. The van der Waals surface area contributed by atoms with Gasteiger partial charge in [0.2, 0.25) is 5.91 Å². The summed E-state index contributed by atoms with van der Waals surface area (Å²) in [5.74, 6) is -0.851. The fraction of sp³-hybridized carbons (Fsp3) is 0.500. The van der Waals surface area contributed by atoms with Crippen LogP contribution < -0.4 is 10.8 Å². The summed E-state index contributed by atoms with van der Waals surface area (Å²) in [7, 11) is 1.37. The van der Waals surface area contributed by atoms with E-state index in [1.54, 1.807) is 5.41 Å². The van der Waals surface area contributed by atoms with E-state index < -0.39 is 35.2 Å². The minimum absolute atomic E-state index is 0.105. The van der Waals surface area contributed by atoms with Gasteiger partial charge in [0, 0.05) is 16.9 Å². The Kier molecular flexibility index (Phi) is 6.03. The molecule has 2 unspecified atom stereocenters. The van der Waals surface area contributed by atoms with Crippen molar-refractivity contribution in [2.45, 2.75) is 17.5 Å². The molecular weight excluding hydrogens is 406 g/mol. The Morgan fingerprint density at radius 2 is 2.31 bits per heavy atom. The number of hydroxylamine groups is 1. The summed E-state index contributed by atoms with van der Waals surface area (Å²) in [6.45, 7) is 0.464. The van der Waals surface area contributed by atoms with Crippen molar-refractivity contribution in [1.29, 1.82) is 0 Å². The first-order chi connectivity index (χ1) is 12.5. The average Bonchev–Trinajstić information content (AvgIpc) is 2.64. The maximum absolute atomic E-state index is 12.6. The highest BCUT2D eigenvalue weighted by atomic mass is 35.5. The highest BCUT2D eigenvalue weighted by Gasteiger charge is 2.54. The Balaban J connectivity index is 1.71. The molecule has 0 aromatic carbocycles. The van der Waals surface area contributed by atoms with Crippen molar-refractivity contribution in [3.63, 3.8) is 0 Å². The van der Waals surface area contributed by atoms with Gasteiger partial charge in [0.1, 0.15) is 22.9 Å². The summed E-state index contributed by atoms with van der Waals surface area (Å²) < 4.78 is 5.48. The third-order valence-corrected chi connectivity index (χ3v) is 6.43. The van der Waals surface area contributed by atoms with Gasteiger partial charge in [0.25, 0.3) is 5.91 Å². The number of hydrogen-bond acceptors (Lipinski definition) is 8. The molecule has 2 amide bonds. The number of fused-ring (bicyclic) bond motifs is 1. The fourth-order valence-corrected chi connectivity index (χ4v) is 4.93. The lowest BCUT2D eigenvalue weighted by Crippen LogP contribution is -2.71. The molecule has 3 rings (SSSR count). The van der Waals surface area contributed by atoms with Gasteiger partial charge in [0.15, 0.2) is 6.04 Å². The maximum Gasteiger partial charge on any atom is 0.353 e. The van der Waals surface area contributed by atoms with E-state index in [4.69, 9.17) is 21.2 Å². The molecular formula is C14H16ClN3O6S2. The van der Waals surface area contributed by atoms with E-state index in [1.165, 1.54) is 30.6 Å². The monoisotopic (exact) mass is 421 g/mol. The van der Waals surface area contributed by atoms with Gasteiger partial charge in [-0.3, -0.25) is 14.5 Å². The zero-order valence-electron chi connectivity index (χ0n) is 13.6. The van der Waals surface area contributed by atoms with Gasteiger partial charge in [-0.15, -0.1) is 23.5 Å². The molecule has 3 aliphatic heterocycles. The van der Waals surface area contributed by atoms with Crippen molar-refractivity contribution in [2.75, 3.05) is 25.2 Å². The summed E-state index contributed by atoms with van der Waals surface area (Å²) in [6, 6.07) is -1.76. The highest BCUT2D eigenvalue weighted by molar-refractivity contribution is 8.02. The third-order valence-electron chi connectivity index (χ3n) is 3.87. The van der Waals surface area contributed by atoms with Crippen LogP contribution in [0.3, 0.4) is 0 Å². The molecule has 3 N–H and O–H groups in total. The van der Waals surface area contributed by atoms with Crippen LogP contribution in [0.1, 0.15) is 0 Å². The van der Waals surface area contributed by atoms with E-state index in [0.717, 1.165) is 10.7 Å². The Hall–Kier alpha value is -1.40. The third kappa shape index (κ3) is 3.54. The van der Waals surface area contributed by atoms with Crippen molar-refractivity contribution >= 4 is 52.9 Å². The highest BCUT2D eigenvalue weighted by Crippen LogP contribution is 2.41. The van der Waals surface area contributed by atoms with Gasteiger partial charge in [-0.1, -0.05) is 11.6 Å². The smallest absolute Gasteiger partial charge is 0.353 e. The quantitative estimate of drug-likeness (QED) is 0.403. The summed E-state index contributed by atoms with van der Waals surface area (Å²) in [5, 5.41) is 13.2. The van der Waals surface area contributed by atoms with E-state index in [2.05, 4.69) is 10.8 Å². The second-order valence-electron chi connectivity index (χ2n) is 5.45. The average molecular weight is 422 g/mol. The second kappa shape index (κ2) is 8.09. The van der Waals surface area contributed by atoms with Gasteiger partial charge < -0.3 is 20.0 Å². The number of nitrogens with zero attached hydrogens (tertiary/aromatic N) is 1. The molecule has 0 aromatic heterocycles. The zero-order chi connectivity index (χ0) is 18.8. The second-order valence-corrected chi connectivity index (χ2v) is 7.99. The van der Waals surface area contributed by atoms with Gasteiger partial charge in [-0.05, 0) is 0 Å². The molecule has 3 aliphatic rings. The lowest BCUT2D eigenvalue weighted by atomic mass is 10.0. The van der Waals surface area contributed by atoms with Crippen molar-refractivity contribution < 1.29 is 29.1 Å². The summed E-state index contributed by atoms with van der Waals surface area (Å²) in [5.41, 5.74) is 2.32. The molecule has 12 heteroatoms. The van der Waals surface area contributed by atoms with E-state index in [-0.39, 0.29) is 16.5 Å². The predicted octanol–water partition coefficient (Wildman–Crippen LogP) is 0.0457. The van der Waals surface area contributed by atoms with Crippen LogP contribution in [0.4, 0.5) is 0 Å². The molecule has 0 saturated carbocycles.